The van der Waals surface area contributed by atoms with E-state index in [9.17, 15) is 4.39 Å². The zero-order valence-corrected chi connectivity index (χ0v) is 59.7. The normalized spacial score (nSPS) is 9.78. The number of hydrogen-bond donors (Lipinski definition) is 0. The Balaban J connectivity index is 0.000000164. The van der Waals surface area contributed by atoms with Gasteiger partial charge in [-0.15, -0.1) is 215 Å². The van der Waals surface area contributed by atoms with Crippen molar-refractivity contribution in [2.75, 3.05) is 0 Å². The number of hydrogen-bond acceptors (Lipinski definition) is 6. The minimum Gasteiger partial charge on any atom is -0.305 e. The van der Waals surface area contributed by atoms with Crippen LogP contribution in [0.4, 0.5) is 4.39 Å². The summed E-state index contributed by atoms with van der Waals surface area (Å²) in [5.74, 6) is -0.213. The number of aromatic nitrogens is 6. The van der Waals surface area contributed by atoms with Gasteiger partial charge < -0.3 is 29.9 Å². The van der Waals surface area contributed by atoms with Gasteiger partial charge in [0, 0.05) is 97.5 Å². The SMILES string of the molecule is Cc1cc(F)ccc1-c1ccc(-c2[c-]cccc2)nc1.Cc1ccc(-c2ccnc(-c3[c-]cccc3)c2)cc1.[Ir].[Ir].[Ir].[c-]1ccccc1-c1cc(-c2ccccc2)ccn1.[c-]1ccccc1-c1ccccn1.[c-]1ccccc1-c1ccccn1.[c-]1ccccc1-c1ccccn1. The topological polar surface area (TPSA) is 77.3 Å². The molecule has 0 amide bonds. The van der Waals surface area contributed by atoms with Gasteiger partial charge in [0.2, 0.25) is 0 Å². The van der Waals surface area contributed by atoms with E-state index in [1.165, 1.54) is 39.9 Å². The molecule has 96 heavy (non-hydrogen) atoms. The first-order valence-electron chi connectivity index (χ1n) is 30.2. The van der Waals surface area contributed by atoms with E-state index in [1.54, 1.807) is 24.7 Å². The number of rotatable bonds is 9. The van der Waals surface area contributed by atoms with Gasteiger partial charge in [-0.25, -0.2) is 4.39 Å². The van der Waals surface area contributed by atoms with Gasteiger partial charge in [0.05, 0.1) is 0 Å². The monoisotopic (exact) mass is 1780 g/mol. The largest absolute Gasteiger partial charge is 0.305 e. The molecule has 6 heterocycles. The van der Waals surface area contributed by atoms with Crippen LogP contribution in [0, 0.1) is 56.1 Å². The predicted molar refractivity (Wildman–Crippen MR) is 377 cm³/mol. The van der Waals surface area contributed by atoms with Crippen molar-refractivity contribution in [3.63, 3.8) is 0 Å². The minimum absolute atomic E-state index is 0. The molecule has 0 fully saturated rings. The molecule has 0 aliphatic rings. The molecule has 0 saturated carbocycles. The van der Waals surface area contributed by atoms with Gasteiger partial charge in [0.25, 0.3) is 0 Å². The maximum Gasteiger partial charge on any atom is 0.123 e. The molecule has 0 atom stereocenters. The van der Waals surface area contributed by atoms with Crippen LogP contribution in [0.15, 0.2) is 347 Å². The van der Waals surface area contributed by atoms with E-state index in [2.05, 4.69) is 122 Å². The molecule has 0 spiro atoms. The van der Waals surface area contributed by atoms with E-state index in [1.807, 2.05) is 268 Å². The van der Waals surface area contributed by atoms with E-state index in [0.29, 0.717) is 0 Å². The van der Waals surface area contributed by atoms with Crippen molar-refractivity contribution in [2.45, 2.75) is 13.8 Å². The average Bonchev–Trinajstić information content (AvgIpc) is 1.84. The third-order valence-corrected chi connectivity index (χ3v) is 14.2. The fourth-order valence-electron chi connectivity index (χ4n) is 9.44. The smallest absolute Gasteiger partial charge is 0.123 e. The predicted octanol–water partition coefficient (Wildman–Crippen LogP) is 21.0. The van der Waals surface area contributed by atoms with E-state index in [4.69, 9.17) is 0 Å². The fraction of sp³-hybridized carbons (Fsp3) is 0.0233. The Morgan fingerprint density at radius 3 is 0.917 bits per heavy atom. The summed E-state index contributed by atoms with van der Waals surface area (Å²) >= 11 is 0. The van der Waals surface area contributed by atoms with Crippen molar-refractivity contribution in [1.29, 1.82) is 0 Å². The van der Waals surface area contributed by atoms with Crippen LogP contribution in [0.2, 0.25) is 0 Å². The van der Waals surface area contributed by atoms with Crippen LogP contribution in [0.25, 0.3) is 101 Å². The van der Waals surface area contributed by atoms with Gasteiger partial charge in [0.1, 0.15) is 5.82 Å². The van der Waals surface area contributed by atoms with Gasteiger partial charge in [0.15, 0.2) is 0 Å². The van der Waals surface area contributed by atoms with Crippen molar-refractivity contribution >= 4 is 0 Å². The number of nitrogens with zero attached hydrogens (tertiary/aromatic N) is 6. The third kappa shape index (κ3) is 22.8. The van der Waals surface area contributed by atoms with Crippen molar-refractivity contribution in [2.24, 2.45) is 0 Å². The molecule has 3 radical (unpaired) electrons. The molecule has 477 valence electrons. The molecule has 0 saturated heterocycles. The second-order valence-corrected chi connectivity index (χ2v) is 20.8. The Morgan fingerprint density at radius 1 is 0.250 bits per heavy atom. The van der Waals surface area contributed by atoms with Crippen LogP contribution < -0.4 is 0 Å². The maximum atomic E-state index is 13.1. The summed E-state index contributed by atoms with van der Waals surface area (Å²) in [4.78, 5) is 25.9. The summed E-state index contributed by atoms with van der Waals surface area (Å²) in [6, 6.07) is 119. The molecule has 6 aromatic heterocycles. The molecule has 0 aliphatic heterocycles. The fourth-order valence-corrected chi connectivity index (χ4v) is 9.44. The van der Waals surface area contributed by atoms with E-state index < -0.39 is 0 Å². The average molecular weight is 1780 g/mol. The van der Waals surface area contributed by atoms with Crippen molar-refractivity contribution in [3.05, 3.63) is 400 Å². The number of benzene rings is 9. The molecular weight excluding hydrogens is 1710 g/mol. The molecular formula is C86H63FIr3N6-6. The van der Waals surface area contributed by atoms with Crippen LogP contribution in [0.3, 0.4) is 0 Å². The van der Waals surface area contributed by atoms with E-state index in [-0.39, 0.29) is 66.1 Å². The Morgan fingerprint density at radius 2 is 0.583 bits per heavy atom. The Labute approximate surface area is 604 Å². The second kappa shape index (κ2) is 40.1. The summed E-state index contributed by atoms with van der Waals surface area (Å²) in [5.41, 5.74) is 20.8. The summed E-state index contributed by atoms with van der Waals surface area (Å²) in [6.07, 6.45) is 10.9. The van der Waals surface area contributed by atoms with Gasteiger partial charge in [-0.05, 0) is 129 Å². The Bertz CT molecular complexity index is 4230. The summed E-state index contributed by atoms with van der Waals surface area (Å²) < 4.78 is 13.1. The minimum atomic E-state index is -0.213. The number of pyridine rings is 6. The zero-order chi connectivity index (χ0) is 63.9. The molecule has 15 aromatic rings. The van der Waals surface area contributed by atoms with E-state index >= 15 is 0 Å². The van der Waals surface area contributed by atoms with Crippen LogP contribution in [-0.2, 0) is 60.3 Å². The maximum absolute atomic E-state index is 13.1. The second-order valence-electron chi connectivity index (χ2n) is 20.8. The molecule has 0 aliphatic carbocycles. The zero-order valence-electron chi connectivity index (χ0n) is 52.5. The van der Waals surface area contributed by atoms with Gasteiger partial charge in [-0.2, -0.15) is 0 Å². The first-order valence-corrected chi connectivity index (χ1v) is 30.2. The number of aryl methyl sites for hydroxylation is 2. The van der Waals surface area contributed by atoms with Crippen molar-refractivity contribution < 1.29 is 64.7 Å². The summed E-state index contributed by atoms with van der Waals surface area (Å²) in [7, 11) is 0. The number of halogens is 1. The van der Waals surface area contributed by atoms with Crippen LogP contribution in [0.1, 0.15) is 11.1 Å². The van der Waals surface area contributed by atoms with Crippen molar-refractivity contribution in [1.82, 2.24) is 29.9 Å². The molecule has 0 bridgehead atoms. The van der Waals surface area contributed by atoms with Crippen molar-refractivity contribution in [3.8, 4) is 101 Å². The van der Waals surface area contributed by atoms with Crippen LogP contribution >= 0.6 is 0 Å². The molecule has 0 N–H and O–H groups in total. The van der Waals surface area contributed by atoms with Gasteiger partial charge >= 0.3 is 0 Å². The standard InChI is InChI=1S/C18H13FN.C18H14N.C17H12N.3C11H8N.3Ir/c1-13-11-16(19)8-9-17(13)15-7-10-18(20-12-15)14-5-3-2-4-6-14;1-14-7-9-15(10-8-14)17-11-12-19-18(13-17)16-5-3-2-4-6-16;1-3-7-14(8-4-1)16-11-12-18-17(13-16)15-9-5-2-6-10-15;3*1-2-6-10(7-3-1)11-8-4-5-9-12-11;;;/h2-5,7-12H,1H3;2-5,7-13H,1H3;1-9,11-13H;3*1-6,8-9H;;;/q6*-1;;;. The molecule has 9 aromatic carbocycles. The van der Waals surface area contributed by atoms with Gasteiger partial charge in [-0.3, -0.25) is 0 Å². The molecule has 0 unspecified atom stereocenters. The summed E-state index contributed by atoms with van der Waals surface area (Å²) in [5, 5.41) is 0. The van der Waals surface area contributed by atoms with Gasteiger partial charge in [-0.1, -0.05) is 127 Å². The third-order valence-electron chi connectivity index (χ3n) is 14.2. The van der Waals surface area contributed by atoms with Crippen LogP contribution in [-0.4, -0.2) is 29.9 Å². The summed E-state index contributed by atoms with van der Waals surface area (Å²) in [6.45, 7) is 4.00. The first kappa shape index (κ1) is 73.2. The molecule has 10 heteroatoms. The molecule has 15 rings (SSSR count). The Hall–Kier alpha value is -10.2. The first-order chi connectivity index (χ1) is 45.9. The van der Waals surface area contributed by atoms with E-state index in [0.717, 1.165) is 84.2 Å². The van der Waals surface area contributed by atoms with Crippen LogP contribution in [0.5, 0.6) is 0 Å². The quantitative estimate of drug-likeness (QED) is 0.134. The Kier molecular flexibility index (Phi) is 30.6. The molecule has 6 nitrogen and oxygen atoms in total.